The van der Waals surface area contributed by atoms with Crippen LogP contribution in [0, 0.1) is 5.92 Å². The van der Waals surface area contributed by atoms with Crippen molar-refractivity contribution in [1.29, 1.82) is 0 Å². The maximum absolute atomic E-state index is 16.5. The molecule has 0 spiro atoms. The number of benzene rings is 3. The van der Waals surface area contributed by atoms with E-state index in [1.807, 2.05) is 78.9 Å². The van der Waals surface area contributed by atoms with E-state index in [0.29, 0.717) is 11.5 Å². The number of halogens is 1. The van der Waals surface area contributed by atoms with E-state index in [-0.39, 0.29) is 29.6 Å². The second-order valence-corrected chi connectivity index (χ2v) is 13.7. The van der Waals surface area contributed by atoms with Crippen molar-refractivity contribution in [1.82, 2.24) is 19.5 Å². The zero-order chi connectivity index (χ0) is 36.3. The topological polar surface area (TPSA) is 156 Å². The number of aromatic nitrogens is 4. The Labute approximate surface area is 298 Å². The number of nitrogens with zero attached hydrogens (tertiary/aromatic N) is 3. The minimum Gasteiger partial charge on any atom is -0.497 e. The first-order chi connectivity index (χ1) is 24.5. The molecule has 1 saturated heterocycles. The molecule has 2 N–H and O–H groups in total. The number of amides is 1. The highest BCUT2D eigenvalue weighted by Crippen LogP contribution is 2.45. The predicted molar refractivity (Wildman–Crippen MR) is 190 cm³/mol. The van der Waals surface area contributed by atoms with Gasteiger partial charge in [0.1, 0.15) is 35.5 Å². The number of alkyl halides is 1. The molecule has 51 heavy (non-hydrogen) atoms. The molecule has 1 aliphatic heterocycles. The molecule has 1 aliphatic rings. The van der Waals surface area contributed by atoms with Gasteiger partial charge in [0, 0.05) is 5.92 Å². The van der Waals surface area contributed by atoms with Gasteiger partial charge in [-0.2, -0.15) is 4.98 Å². The van der Waals surface area contributed by atoms with E-state index in [0.717, 1.165) is 16.7 Å². The number of carbonyl (C=O) groups excluding carboxylic acids is 1. The van der Waals surface area contributed by atoms with Gasteiger partial charge >= 0.3 is 7.23 Å². The Bertz CT molecular complexity index is 2020. The number of anilines is 1. The Balaban J connectivity index is 1.40. The van der Waals surface area contributed by atoms with E-state index >= 15 is 4.39 Å². The average Bonchev–Trinajstić information content (AvgIpc) is 3.69. The van der Waals surface area contributed by atoms with Crippen LogP contribution in [-0.2, 0) is 29.0 Å². The number of hydrogen-bond donors (Lipinski definition) is 3. The maximum atomic E-state index is 16.5. The van der Waals surface area contributed by atoms with Crippen LogP contribution in [-0.4, -0.2) is 64.6 Å². The quantitative estimate of drug-likeness (QED) is 0.0751. The van der Waals surface area contributed by atoms with Crippen molar-refractivity contribution in [2.24, 2.45) is 5.92 Å². The van der Waals surface area contributed by atoms with E-state index in [1.54, 1.807) is 28.1 Å². The number of methoxy groups -OCH3 is 2. The van der Waals surface area contributed by atoms with Crippen LogP contribution in [0.1, 0.15) is 36.8 Å². The Morgan fingerprint density at radius 2 is 1.61 bits per heavy atom. The SMILES string of the molecule is COc1ccc(C(OC[C@H]2O[C@@H](n3cnc4c(=O)[nH]c(NC(=O)C(C)C)nc43)[C@H](O[P+](=O)S)[C@@H]2F)(c2ccccc2)c2ccc(OC)cc2)cc1. The van der Waals surface area contributed by atoms with Crippen molar-refractivity contribution in [3.8, 4) is 11.5 Å². The third-order valence-electron chi connectivity index (χ3n) is 8.59. The summed E-state index contributed by atoms with van der Waals surface area (Å²) in [6.07, 6.45) is -4.70. The van der Waals surface area contributed by atoms with Gasteiger partial charge in [0.2, 0.25) is 11.9 Å². The number of carbonyl (C=O) groups is 1. The summed E-state index contributed by atoms with van der Waals surface area (Å²) in [5.74, 6) is 0.353. The van der Waals surface area contributed by atoms with Gasteiger partial charge in [0.15, 0.2) is 29.7 Å². The molecule has 16 heteroatoms. The molecule has 6 rings (SSSR count). The molecule has 5 aromatic rings. The highest BCUT2D eigenvalue weighted by molar-refractivity contribution is 8.39. The lowest BCUT2D eigenvalue weighted by Crippen LogP contribution is -2.38. The molecule has 0 radical (unpaired) electrons. The molecule has 0 bridgehead atoms. The van der Waals surface area contributed by atoms with Crippen LogP contribution in [0.5, 0.6) is 11.5 Å². The first kappa shape index (κ1) is 36.1. The van der Waals surface area contributed by atoms with E-state index in [2.05, 4.69) is 32.5 Å². The molecule has 13 nitrogen and oxygen atoms in total. The Hall–Kier alpha value is -4.66. The van der Waals surface area contributed by atoms with Gasteiger partial charge in [-0.3, -0.25) is 24.5 Å². The number of H-pyrrole nitrogens is 1. The number of rotatable bonds is 13. The van der Waals surface area contributed by atoms with Crippen molar-refractivity contribution >= 4 is 42.5 Å². The maximum Gasteiger partial charge on any atom is 0.582 e. The van der Waals surface area contributed by atoms with E-state index in [9.17, 15) is 14.2 Å². The first-order valence-electron chi connectivity index (χ1n) is 15.9. The number of aromatic amines is 1. The number of nitrogens with one attached hydrogen (secondary N) is 2. The molecule has 5 atom stereocenters. The van der Waals surface area contributed by atoms with Crippen LogP contribution >= 0.6 is 19.5 Å². The van der Waals surface area contributed by atoms with Gasteiger partial charge in [-0.1, -0.05) is 68.4 Å². The number of ether oxygens (including phenoxy) is 4. The van der Waals surface area contributed by atoms with Gasteiger partial charge in [-0.05, 0) is 45.5 Å². The highest BCUT2D eigenvalue weighted by Gasteiger charge is 2.52. The van der Waals surface area contributed by atoms with Crippen molar-refractivity contribution in [2.75, 3.05) is 26.1 Å². The summed E-state index contributed by atoms with van der Waals surface area (Å²) in [6, 6.07) is 24.2. The van der Waals surface area contributed by atoms with Gasteiger partial charge in [0.25, 0.3) is 5.56 Å². The normalized spacial score (nSPS) is 19.3. The molecule has 0 aliphatic carbocycles. The molecule has 1 unspecified atom stereocenters. The molecule has 3 aromatic carbocycles. The van der Waals surface area contributed by atoms with Crippen LogP contribution in [0.4, 0.5) is 10.3 Å². The molecule has 3 heterocycles. The highest BCUT2D eigenvalue weighted by atomic mass is 32.7. The minimum atomic E-state index is -2.60. The second kappa shape index (κ2) is 15.3. The lowest BCUT2D eigenvalue weighted by molar-refractivity contribution is -0.118. The van der Waals surface area contributed by atoms with E-state index in [4.69, 9.17) is 23.5 Å². The molecule has 2 aromatic heterocycles. The van der Waals surface area contributed by atoms with Crippen molar-refractivity contribution in [3.05, 3.63) is 112 Å². The van der Waals surface area contributed by atoms with Crippen LogP contribution in [0.2, 0.25) is 0 Å². The number of fused-ring (bicyclic) bond motifs is 1. The first-order valence-corrected chi connectivity index (χ1v) is 18.3. The molecular weight excluding hydrogens is 700 g/mol. The van der Waals surface area contributed by atoms with Crippen LogP contribution in [0.25, 0.3) is 11.2 Å². The Kier molecular flexibility index (Phi) is 10.8. The van der Waals surface area contributed by atoms with Crippen LogP contribution in [0.15, 0.2) is 90.0 Å². The standard InChI is InChI=1S/C35H35FN5O8PS/c1-20(2)31(42)39-34-38-30-28(32(43)40-34)37-19-41(30)33-29(49-50(44)51)27(36)26(48-33)18-47-35(21-8-6-5-7-9-21,22-10-14-24(45-3)15-11-22)23-12-16-25(46-4)17-13-23/h5-17,19-20,26-27,29,33H,18H2,1-4H3,(H2-,38,39,40,42,43,44,51)/p+1/t26-,27-,29-,33-/m1/s1. The summed E-state index contributed by atoms with van der Waals surface area (Å²) in [7, 11) is 0.542. The molecule has 266 valence electrons. The third-order valence-corrected chi connectivity index (χ3v) is 9.29. The van der Waals surface area contributed by atoms with Gasteiger partial charge < -0.3 is 18.9 Å². The molecular formula is C35H36FN5O8PS+. The van der Waals surface area contributed by atoms with Crippen molar-refractivity contribution in [2.45, 2.75) is 44.1 Å². The summed E-state index contributed by atoms with van der Waals surface area (Å²) in [6.45, 7) is 3.05. The zero-order valence-corrected chi connectivity index (χ0v) is 29.8. The Morgan fingerprint density at radius 3 is 2.16 bits per heavy atom. The molecule has 0 saturated carbocycles. The fourth-order valence-corrected chi connectivity index (χ4v) is 6.74. The lowest BCUT2D eigenvalue weighted by atomic mass is 9.80. The van der Waals surface area contributed by atoms with E-state index < -0.39 is 48.9 Å². The zero-order valence-electron chi connectivity index (χ0n) is 28.1. The monoisotopic (exact) mass is 736 g/mol. The summed E-state index contributed by atoms with van der Waals surface area (Å²) >= 11 is 3.89. The third kappa shape index (κ3) is 7.26. The number of hydrogen-bond acceptors (Lipinski definition) is 10. The predicted octanol–water partition coefficient (Wildman–Crippen LogP) is 5.95. The Morgan fingerprint density at radius 1 is 1.02 bits per heavy atom. The molecule has 1 fully saturated rings. The summed E-state index contributed by atoms with van der Waals surface area (Å²) < 4.78 is 59.6. The number of imidazole rings is 1. The van der Waals surface area contributed by atoms with Gasteiger partial charge in [0.05, 0.1) is 27.2 Å². The summed E-state index contributed by atoms with van der Waals surface area (Å²) in [5.41, 5.74) is 0.147. The van der Waals surface area contributed by atoms with Gasteiger partial charge in [-0.25, -0.2) is 9.37 Å². The fourth-order valence-electron chi connectivity index (χ4n) is 5.98. The second-order valence-electron chi connectivity index (χ2n) is 12.0. The molecule has 1 amide bonds. The van der Waals surface area contributed by atoms with Crippen LogP contribution < -0.4 is 20.3 Å². The summed E-state index contributed by atoms with van der Waals surface area (Å²) in [4.78, 5) is 36.3. The smallest absolute Gasteiger partial charge is 0.497 e. The van der Waals surface area contributed by atoms with Crippen LogP contribution in [0.3, 0.4) is 0 Å². The summed E-state index contributed by atoms with van der Waals surface area (Å²) in [5, 5.41) is 2.55. The lowest BCUT2D eigenvalue weighted by Gasteiger charge is -2.37. The van der Waals surface area contributed by atoms with E-state index in [1.165, 1.54) is 10.9 Å². The number of thiol groups is 1. The minimum absolute atomic E-state index is 0.0188. The van der Waals surface area contributed by atoms with Crippen molar-refractivity contribution in [3.63, 3.8) is 0 Å². The van der Waals surface area contributed by atoms with Gasteiger partial charge in [-0.15, -0.1) is 4.52 Å². The largest absolute Gasteiger partial charge is 0.582 e. The van der Waals surface area contributed by atoms with Crippen molar-refractivity contribution < 1.29 is 37.2 Å². The average molecular weight is 737 g/mol. The fraction of sp³-hybridized carbons (Fsp3) is 0.314.